The number of rotatable bonds is 1. The SMILES string of the molecule is O=[N+]([O-])c1cc(Br)[n+]([O-])cc1Cl.[O-][n+]1cc(Cl)ccc1Br. The van der Waals surface area contributed by atoms with Crippen molar-refractivity contribution in [1.29, 1.82) is 0 Å². The van der Waals surface area contributed by atoms with E-state index in [4.69, 9.17) is 23.2 Å². The third-order valence-corrected chi connectivity index (χ3v) is 3.68. The average molecular weight is 462 g/mol. The Labute approximate surface area is 145 Å². The Balaban J connectivity index is 0.000000219. The Hall–Kier alpha value is -1.16. The minimum absolute atomic E-state index is 0.0543. The summed E-state index contributed by atoms with van der Waals surface area (Å²) in [6.07, 6.45) is 2.20. The van der Waals surface area contributed by atoms with Crippen LogP contribution in [0.5, 0.6) is 0 Å². The molecule has 0 spiro atoms. The lowest BCUT2D eigenvalue weighted by Crippen LogP contribution is -2.27. The molecule has 112 valence electrons. The van der Waals surface area contributed by atoms with Gasteiger partial charge in [0.1, 0.15) is 5.02 Å². The van der Waals surface area contributed by atoms with E-state index >= 15 is 0 Å². The third-order valence-electron chi connectivity index (χ3n) is 1.97. The summed E-state index contributed by atoms with van der Waals surface area (Å²) >= 11 is 16.7. The van der Waals surface area contributed by atoms with Crippen molar-refractivity contribution in [3.05, 3.63) is 70.4 Å². The molecule has 2 aromatic rings. The summed E-state index contributed by atoms with van der Waals surface area (Å²) in [4.78, 5) is 9.61. The van der Waals surface area contributed by atoms with E-state index in [9.17, 15) is 20.5 Å². The first-order valence-corrected chi connectivity index (χ1v) is 7.33. The molecule has 0 atom stereocenters. The van der Waals surface area contributed by atoms with Crippen LogP contribution in [-0.2, 0) is 0 Å². The Bertz CT molecular complexity index is 688. The van der Waals surface area contributed by atoms with Crippen LogP contribution in [0.2, 0.25) is 10.0 Å². The van der Waals surface area contributed by atoms with Gasteiger partial charge < -0.3 is 10.4 Å². The zero-order chi connectivity index (χ0) is 16.2. The lowest BCUT2D eigenvalue weighted by molar-refractivity contribution is -0.617. The quantitative estimate of drug-likeness (QED) is 0.214. The number of halogens is 4. The molecule has 0 aliphatic carbocycles. The number of hydrogen-bond acceptors (Lipinski definition) is 4. The number of aromatic nitrogens is 2. The van der Waals surface area contributed by atoms with Gasteiger partial charge in [0, 0.05) is 37.9 Å². The molecular weight excluding hydrogens is 457 g/mol. The normalized spacial score (nSPS) is 9.71. The molecule has 0 saturated heterocycles. The van der Waals surface area contributed by atoms with Gasteiger partial charge in [-0.25, -0.2) is 0 Å². The molecule has 0 unspecified atom stereocenters. The van der Waals surface area contributed by atoms with Crippen molar-refractivity contribution in [1.82, 2.24) is 0 Å². The molecule has 0 aromatic carbocycles. The highest BCUT2D eigenvalue weighted by atomic mass is 79.9. The molecular formula is C10H5Br2Cl2N3O4. The lowest BCUT2D eigenvalue weighted by Gasteiger charge is -1.98. The fourth-order valence-electron chi connectivity index (χ4n) is 1.05. The minimum atomic E-state index is -0.660. The van der Waals surface area contributed by atoms with E-state index in [1.54, 1.807) is 12.1 Å². The van der Waals surface area contributed by atoms with Crippen LogP contribution in [0.4, 0.5) is 5.69 Å². The van der Waals surface area contributed by atoms with E-state index < -0.39 is 4.92 Å². The van der Waals surface area contributed by atoms with E-state index in [0.717, 1.165) is 12.3 Å². The highest BCUT2D eigenvalue weighted by Crippen LogP contribution is 2.24. The first-order chi connectivity index (χ1) is 9.72. The van der Waals surface area contributed by atoms with Crippen LogP contribution in [-0.4, -0.2) is 4.92 Å². The van der Waals surface area contributed by atoms with Crippen LogP contribution in [0.25, 0.3) is 0 Å². The van der Waals surface area contributed by atoms with Crippen molar-refractivity contribution >= 4 is 60.7 Å². The zero-order valence-electron chi connectivity index (χ0n) is 9.87. The van der Waals surface area contributed by atoms with Gasteiger partial charge in [0.2, 0.25) is 6.20 Å². The van der Waals surface area contributed by atoms with Crippen molar-refractivity contribution in [2.24, 2.45) is 0 Å². The van der Waals surface area contributed by atoms with Crippen LogP contribution < -0.4 is 9.46 Å². The van der Waals surface area contributed by atoms with Crippen molar-refractivity contribution in [2.45, 2.75) is 0 Å². The maximum atomic E-state index is 10.8. The van der Waals surface area contributed by atoms with Crippen LogP contribution in [0, 0.1) is 20.5 Å². The molecule has 0 bridgehead atoms. The maximum Gasteiger partial charge on any atom is 0.301 e. The monoisotopic (exact) mass is 459 g/mol. The summed E-state index contributed by atoms with van der Waals surface area (Å²) in [5.41, 5.74) is -0.296. The largest absolute Gasteiger partial charge is 0.618 e. The van der Waals surface area contributed by atoms with Crippen molar-refractivity contribution < 1.29 is 14.4 Å². The molecule has 0 amide bonds. The highest BCUT2D eigenvalue weighted by molar-refractivity contribution is 9.10. The standard InChI is InChI=1S/C5H2BrClN2O3.C5H3BrClNO/c6-5-1-4(9(11)12)3(7)2-8(5)10;6-5-2-1-4(7)3-8(5)9/h1-2H;1-3H. The second kappa shape index (κ2) is 7.74. The van der Waals surface area contributed by atoms with Gasteiger partial charge in [0.25, 0.3) is 9.21 Å². The Morgan fingerprint density at radius 1 is 1.05 bits per heavy atom. The topological polar surface area (TPSA) is 97.0 Å². The van der Waals surface area contributed by atoms with Gasteiger partial charge in [-0.15, -0.1) is 0 Å². The van der Waals surface area contributed by atoms with Crippen LogP contribution in [0.1, 0.15) is 0 Å². The Morgan fingerprint density at radius 2 is 1.62 bits per heavy atom. The van der Waals surface area contributed by atoms with Gasteiger partial charge >= 0.3 is 5.69 Å². The predicted molar refractivity (Wildman–Crippen MR) is 82.9 cm³/mol. The number of nitrogens with zero attached hydrogens (tertiary/aromatic N) is 3. The number of hydrogen-bond donors (Lipinski definition) is 0. The van der Waals surface area contributed by atoms with E-state index in [2.05, 4.69) is 31.9 Å². The average Bonchev–Trinajstić information content (AvgIpc) is 2.39. The molecule has 0 fully saturated rings. The molecule has 0 saturated carbocycles. The highest BCUT2D eigenvalue weighted by Gasteiger charge is 2.18. The smallest absolute Gasteiger partial charge is 0.301 e. The summed E-state index contributed by atoms with van der Waals surface area (Å²) in [5.74, 6) is 0. The molecule has 2 heterocycles. The third kappa shape index (κ3) is 5.27. The molecule has 2 aromatic heterocycles. The first kappa shape index (κ1) is 17.9. The second-order valence-corrected chi connectivity index (χ2v) is 5.88. The molecule has 0 aliphatic heterocycles. The molecule has 0 radical (unpaired) electrons. The van der Waals surface area contributed by atoms with Crippen molar-refractivity contribution in [3.8, 4) is 0 Å². The maximum absolute atomic E-state index is 10.8. The van der Waals surface area contributed by atoms with Gasteiger partial charge in [0.05, 0.1) is 11.0 Å². The van der Waals surface area contributed by atoms with E-state index in [1.807, 2.05) is 0 Å². The molecule has 7 nitrogen and oxygen atoms in total. The van der Waals surface area contributed by atoms with Crippen molar-refractivity contribution in [3.63, 3.8) is 0 Å². The Kier molecular flexibility index (Phi) is 6.59. The first-order valence-electron chi connectivity index (χ1n) is 4.99. The molecule has 0 N–H and O–H groups in total. The van der Waals surface area contributed by atoms with Gasteiger partial charge in [-0.1, -0.05) is 23.2 Å². The van der Waals surface area contributed by atoms with E-state index in [0.29, 0.717) is 19.1 Å². The van der Waals surface area contributed by atoms with Crippen LogP contribution in [0.15, 0.2) is 39.8 Å². The lowest BCUT2D eigenvalue weighted by atomic mass is 10.4. The van der Waals surface area contributed by atoms with E-state index in [-0.39, 0.29) is 15.3 Å². The second-order valence-electron chi connectivity index (χ2n) is 3.41. The van der Waals surface area contributed by atoms with Gasteiger partial charge in [-0.05, 0) is 6.07 Å². The van der Waals surface area contributed by atoms with Gasteiger partial charge in [0.15, 0.2) is 11.2 Å². The fraction of sp³-hybridized carbons (Fsp3) is 0. The summed E-state index contributed by atoms with van der Waals surface area (Å²) in [6.45, 7) is 0. The molecule has 0 aliphatic rings. The summed E-state index contributed by atoms with van der Waals surface area (Å²) in [5, 5.41) is 31.9. The van der Waals surface area contributed by atoms with E-state index in [1.165, 1.54) is 6.20 Å². The molecule has 21 heavy (non-hydrogen) atoms. The van der Waals surface area contributed by atoms with Gasteiger partial charge in [-0.2, -0.15) is 9.46 Å². The molecule has 2 rings (SSSR count). The fourth-order valence-corrected chi connectivity index (χ4v) is 1.97. The summed E-state index contributed by atoms with van der Waals surface area (Å²) in [6, 6.07) is 4.28. The predicted octanol–water partition coefficient (Wildman–Crippen LogP) is 3.38. The number of pyridine rings is 2. The Morgan fingerprint density at radius 3 is 2.10 bits per heavy atom. The summed E-state index contributed by atoms with van der Waals surface area (Å²) in [7, 11) is 0. The van der Waals surface area contributed by atoms with Crippen LogP contribution >= 0.6 is 55.1 Å². The van der Waals surface area contributed by atoms with Crippen molar-refractivity contribution in [2.75, 3.05) is 0 Å². The number of nitro groups is 1. The van der Waals surface area contributed by atoms with Crippen LogP contribution in [0.3, 0.4) is 0 Å². The van der Waals surface area contributed by atoms with Gasteiger partial charge in [-0.3, -0.25) is 10.1 Å². The molecule has 11 heteroatoms. The zero-order valence-corrected chi connectivity index (χ0v) is 14.6. The minimum Gasteiger partial charge on any atom is -0.618 e. The summed E-state index contributed by atoms with van der Waals surface area (Å²) < 4.78 is 1.57.